The molecule has 3 aromatic rings. The topological polar surface area (TPSA) is 71.7 Å². The van der Waals surface area contributed by atoms with Gasteiger partial charge in [-0.05, 0) is 35.6 Å². The number of methoxy groups -OCH3 is 1. The second-order valence-electron chi connectivity index (χ2n) is 8.58. The van der Waals surface area contributed by atoms with Crippen LogP contribution in [0.25, 0.3) is 11.0 Å². The fraction of sp³-hybridized carbons (Fsp3) is 0.348. The normalized spacial score (nSPS) is 22.4. The van der Waals surface area contributed by atoms with E-state index < -0.39 is 41.4 Å². The van der Waals surface area contributed by atoms with Crippen LogP contribution in [0.5, 0.6) is 5.75 Å². The van der Waals surface area contributed by atoms with E-state index in [2.05, 4.69) is 5.32 Å². The van der Waals surface area contributed by atoms with Gasteiger partial charge in [-0.2, -0.15) is 13.2 Å². The minimum absolute atomic E-state index is 0.0798. The van der Waals surface area contributed by atoms with E-state index in [-0.39, 0.29) is 22.6 Å². The Morgan fingerprint density at radius 1 is 1.22 bits per heavy atom. The van der Waals surface area contributed by atoms with Gasteiger partial charge in [0.05, 0.1) is 13.2 Å². The van der Waals surface area contributed by atoms with Crippen molar-refractivity contribution in [3.63, 3.8) is 0 Å². The molecule has 0 unspecified atom stereocenters. The molecule has 1 aliphatic rings. The Labute approximate surface area is 181 Å². The highest BCUT2D eigenvalue weighted by Crippen LogP contribution is 2.55. The second-order valence-corrected chi connectivity index (χ2v) is 8.58. The van der Waals surface area contributed by atoms with Gasteiger partial charge < -0.3 is 19.6 Å². The van der Waals surface area contributed by atoms with Crippen molar-refractivity contribution in [2.75, 3.05) is 7.11 Å². The van der Waals surface area contributed by atoms with Crippen LogP contribution in [0.15, 0.2) is 46.9 Å². The highest BCUT2D eigenvalue weighted by atomic mass is 19.4. The maximum absolute atomic E-state index is 14.4. The second kappa shape index (κ2) is 7.23. The first-order valence-electron chi connectivity index (χ1n) is 9.84. The van der Waals surface area contributed by atoms with E-state index in [9.17, 15) is 27.5 Å². The number of hydrogen-bond donors (Lipinski definition) is 2. The Morgan fingerprint density at radius 3 is 2.53 bits per heavy atom. The molecular formula is C23H21F4NO4. The minimum Gasteiger partial charge on any atom is -0.493 e. The van der Waals surface area contributed by atoms with Crippen LogP contribution in [0.4, 0.5) is 17.6 Å². The summed E-state index contributed by atoms with van der Waals surface area (Å²) in [5.41, 5.74) is -4.16. The summed E-state index contributed by atoms with van der Waals surface area (Å²) in [5.74, 6) is -2.13. The fourth-order valence-electron chi connectivity index (χ4n) is 4.59. The number of para-hydroxylation sites is 1. The molecule has 1 heterocycles. The molecule has 0 aliphatic heterocycles. The summed E-state index contributed by atoms with van der Waals surface area (Å²) < 4.78 is 67.5. The number of alkyl halides is 3. The van der Waals surface area contributed by atoms with Crippen molar-refractivity contribution in [2.45, 2.75) is 43.5 Å². The van der Waals surface area contributed by atoms with Crippen LogP contribution in [0.3, 0.4) is 0 Å². The Hall–Kier alpha value is -3.07. The number of carbonyl (C=O) groups is 1. The molecule has 9 heteroatoms. The van der Waals surface area contributed by atoms with Crippen molar-refractivity contribution >= 4 is 16.9 Å². The number of hydrogen-bond acceptors (Lipinski definition) is 4. The summed E-state index contributed by atoms with van der Waals surface area (Å²) in [6.07, 6.45) is -5.91. The number of carbonyl (C=O) groups excluding carboxylic acids is 1. The molecule has 1 amide bonds. The molecule has 32 heavy (non-hydrogen) atoms. The standard InChI is InChI=1S/C23H21F4NO4/c1-21(2)11-22(30,23(25,26)27)19(13-8-9-14(24)18(31-3)17(13)21)28-20(29)16-10-12-6-4-5-7-15(12)32-16/h4-10,19,30H,11H2,1-3H3,(H,28,29)/t19-,22+/m1/s1. The molecule has 170 valence electrons. The van der Waals surface area contributed by atoms with Crippen molar-refractivity contribution in [1.82, 2.24) is 5.32 Å². The number of furan rings is 1. The number of nitrogens with one attached hydrogen (secondary N) is 1. The molecule has 2 atom stereocenters. The van der Waals surface area contributed by atoms with Gasteiger partial charge in [0.2, 0.25) is 0 Å². The van der Waals surface area contributed by atoms with Gasteiger partial charge in [0.25, 0.3) is 5.91 Å². The molecule has 0 bridgehead atoms. The maximum Gasteiger partial charge on any atom is 0.419 e. The third-order valence-corrected chi connectivity index (χ3v) is 5.94. The average Bonchev–Trinajstić information content (AvgIpc) is 3.14. The van der Waals surface area contributed by atoms with Gasteiger partial charge in [-0.1, -0.05) is 38.1 Å². The quantitative estimate of drug-likeness (QED) is 0.549. The summed E-state index contributed by atoms with van der Waals surface area (Å²) in [6, 6.07) is 8.29. The minimum atomic E-state index is -5.09. The predicted octanol–water partition coefficient (Wildman–Crippen LogP) is 5.03. The smallest absolute Gasteiger partial charge is 0.419 e. The van der Waals surface area contributed by atoms with Crippen LogP contribution in [0, 0.1) is 5.82 Å². The predicted molar refractivity (Wildman–Crippen MR) is 108 cm³/mol. The van der Waals surface area contributed by atoms with E-state index in [1.54, 1.807) is 24.3 Å². The van der Waals surface area contributed by atoms with Gasteiger partial charge in [0, 0.05) is 10.9 Å². The number of amides is 1. The van der Waals surface area contributed by atoms with E-state index in [0.29, 0.717) is 11.0 Å². The van der Waals surface area contributed by atoms with Crippen LogP contribution in [-0.2, 0) is 5.41 Å². The summed E-state index contributed by atoms with van der Waals surface area (Å²) >= 11 is 0. The fourth-order valence-corrected chi connectivity index (χ4v) is 4.59. The maximum atomic E-state index is 14.4. The Morgan fingerprint density at radius 2 is 1.91 bits per heavy atom. The van der Waals surface area contributed by atoms with Crippen molar-refractivity contribution in [2.24, 2.45) is 0 Å². The largest absolute Gasteiger partial charge is 0.493 e. The highest BCUT2D eigenvalue weighted by molar-refractivity contribution is 5.96. The molecule has 0 spiro atoms. The first kappa shape index (κ1) is 22.1. The molecule has 0 radical (unpaired) electrons. The SMILES string of the molecule is COc1c(F)ccc2c1C(C)(C)C[C@@](O)(C(F)(F)F)[C@@H]2NC(=O)c1cc2ccccc2o1. The summed E-state index contributed by atoms with van der Waals surface area (Å²) in [4.78, 5) is 12.9. The molecule has 5 nitrogen and oxygen atoms in total. The summed E-state index contributed by atoms with van der Waals surface area (Å²) in [6.45, 7) is 2.92. The highest BCUT2D eigenvalue weighted by Gasteiger charge is 2.64. The average molecular weight is 451 g/mol. The number of halogens is 4. The van der Waals surface area contributed by atoms with Gasteiger partial charge in [-0.15, -0.1) is 0 Å². The molecule has 1 aromatic heterocycles. The lowest BCUT2D eigenvalue weighted by Crippen LogP contribution is -2.60. The molecule has 1 aliphatic carbocycles. The lowest BCUT2D eigenvalue weighted by molar-refractivity contribution is -0.280. The molecule has 0 fully saturated rings. The molecule has 4 rings (SSSR count). The summed E-state index contributed by atoms with van der Waals surface area (Å²) in [7, 11) is 1.21. The van der Waals surface area contributed by atoms with Gasteiger partial charge in [0.15, 0.2) is 22.9 Å². The van der Waals surface area contributed by atoms with Crippen molar-refractivity contribution < 1.29 is 36.6 Å². The number of benzene rings is 2. The van der Waals surface area contributed by atoms with Gasteiger partial charge in [0.1, 0.15) is 5.58 Å². The Bertz CT molecular complexity index is 1170. The number of aliphatic hydroxyl groups is 1. The molecular weight excluding hydrogens is 430 g/mol. The van der Waals surface area contributed by atoms with Crippen molar-refractivity contribution in [3.05, 3.63) is 65.2 Å². The number of rotatable bonds is 3. The van der Waals surface area contributed by atoms with E-state index in [1.807, 2.05) is 0 Å². The molecule has 0 saturated heterocycles. The number of ether oxygens (including phenoxy) is 1. The summed E-state index contributed by atoms with van der Waals surface area (Å²) in [5, 5.41) is 13.8. The van der Waals surface area contributed by atoms with Crippen LogP contribution in [0.2, 0.25) is 0 Å². The van der Waals surface area contributed by atoms with Crippen molar-refractivity contribution in [1.29, 1.82) is 0 Å². The van der Waals surface area contributed by atoms with Gasteiger partial charge in [-0.25, -0.2) is 4.39 Å². The zero-order chi connectivity index (χ0) is 23.5. The van der Waals surface area contributed by atoms with Crippen molar-refractivity contribution in [3.8, 4) is 5.75 Å². The van der Waals surface area contributed by atoms with Crippen LogP contribution in [0.1, 0.15) is 48.0 Å². The van der Waals surface area contributed by atoms with Gasteiger partial charge in [-0.3, -0.25) is 4.79 Å². The lowest BCUT2D eigenvalue weighted by Gasteiger charge is -2.48. The first-order chi connectivity index (χ1) is 14.9. The third kappa shape index (κ3) is 3.31. The Balaban J connectivity index is 1.86. The Kier molecular flexibility index (Phi) is 5.00. The number of fused-ring (bicyclic) bond motifs is 2. The third-order valence-electron chi connectivity index (χ3n) is 5.94. The van der Waals surface area contributed by atoms with E-state index in [0.717, 1.165) is 12.1 Å². The molecule has 0 saturated carbocycles. The van der Waals surface area contributed by atoms with E-state index in [1.165, 1.54) is 27.0 Å². The van der Waals surface area contributed by atoms with E-state index >= 15 is 0 Å². The lowest BCUT2D eigenvalue weighted by atomic mass is 9.63. The van der Waals surface area contributed by atoms with Gasteiger partial charge >= 0.3 is 6.18 Å². The van der Waals surface area contributed by atoms with Crippen LogP contribution in [-0.4, -0.2) is 29.9 Å². The van der Waals surface area contributed by atoms with E-state index in [4.69, 9.17) is 9.15 Å². The van der Waals surface area contributed by atoms with Crippen LogP contribution < -0.4 is 10.1 Å². The first-order valence-corrected chi connectivity index (χ1v) is 9.84. The zero-order valence-corrected chi connectivity index (χ0v) is 17.5. The monoisotopic (exact) mass is 451 g/mol. The zero-order valence-electron chi connectivity index (χ0n) is 17.5. The van der Waals surface area contributed by atoms with Crippen LogP contribution >= 0.6 is 0 Å². The molecule has 2 aromatic carbocycles. The molecule has 2 N–H and O–H groups in total.